The third kappa shape index (κ3) is 1.68. The van der Waals surface area contributed by atoms with E-state index in [9.17, 15) is 0 Å². The molecule has 5 heteroatoms. The predicted molar refractivity (Wildman–Crippen MR) is 52.4 cm³/mol. The second-order valence-electron chi connectivity index (χ2n) is 2.29. The lowest BCUT2D eigenvalue weighted by Gasteiger charge is -2.00. The summed E-state index contributed by atoms with van der Waals surface area (Å²) in [6.45, 7) is 3.68. The van der Waals surface area contributed by atoms with E-state index in [1.165, 1.54) is 0 Å². The Hall–Kier alpha value is -1.23. The highest BCUT2D eigenvalue weighted by atomic mass is 32.1. The second kappa shape index (κ2) is 3.44. The summed E-state index contributed by atoms with van der Waals surface area (Å²) in [5, 5.41) is 0. The van der Waals surface area contributed by atoms with Crippen LogP contribution in [0, 0.1) is 11.6 Å². The fourth-order valence-corrected chi connectivity index (χ4v) is 1.19. The number of nitrogens with one attached hydrogen (secondary N) is 1. The second-order valence-corrected chi connectivity index (χ2v) is 2.67. The van der Waals surface area contributed by atoms with Crippen LogP contribution in [0.4, 0.5) is 11.6 Å². The zero-order valence-corrected chi connectivity index (χ0v) is 7.77. The molecule has 0 saturated carbocycles. The number of anilines is 1. The van der Waals surface area contributed by atoms with Gasteiger partial charge in [-0.25, -0.2) is 4.98 Å². The molecule has 1 rings (SSSR count). The summed E-state index contributed by atoms with van der Waals surface area (Å²) in [5.41, 5.74) is 6.96. The zero-order valence-electron chi connectivity index (χ0n) is 6.96. The van der Waals surface area contributed by atoms with Crippen LogP contribution in [0.5, 0.6) is 0 Å². The number of nitrogens with two attached hydrogens (primary N) is 1. The van der Waals surface area contributed by atoms with Crippen molar-refractivity contribution in [1.29, 1.82) is 0 Å². The van der Waals surface area contributed by atoms with Gasteiger partial charge in [-0.1, -0.05) is 12.2 Å². The molecule has 0 aliphatic heterocycles. The van der Waals surface area contributed by atoms with Gasteiger partial charge in [-0.2, -0.15) is 0 Å². The Morgan fingerprint density at radius 1 is 1.67 bits per heavy atom. The number of nitrogens with zero attached hydrogens (tertiary/aromatic N) is 2. The molecule has 1 aromatic rings. The molecule has 1 heterocycles. The molecule has 0 aliphatic rings. The highest BCUT2D eigenvalue weighted by Crippen LogP contribution is 2.16. The van der Waals surface area contributed by atoms with Gasteiger partial charge in [0.1, 0.15) is 5.69 Å². The molecule has 0 bridgehead atoms. The van der Waals surface area contributed by atoms with E-state index in [1.807, 2.05) is 13.8 Å². The minimum absolute atomic E-state index is 0.326. The first-order chi connectivity index (χ1) is 5.65. The molecule has 0 atom stereocenters. The lowest BCUT2D eigenvalue weighted by atomic mass is 10.4. The molecule has 0 aliphatic carbocycles. The molecule has 1 aromatic heterocycles. The molecule has 0 spiro atoms. The largest absolute Gasteiger partial charge is 0.369 e. The van der Waals surface area contributed by atoms with Crippen molar-refractivity contribution in [2.75, 3.05) is 5.73 Å². The molecule has 4 nitrogen and oxygen atoms in total. The van der Waals surface area contributed by atoms with Crippen LogP contribution in [0.2, 0.25) is 0 Å². The van der Waals surface area contributed by atoms with Crippen molar-refractivity contribution < 1.29 is 0 Å². The maximum absolute atomic E-state index is 5.44. The molecule has 0 aromatic carbocycles. The Bertz CT molecular complexity index is 366. The van der Waals surface area contributed by atoms with Gasteiger partial charge < -0.3 is 10.7 Å². The average Bonchev–Trinajstić information content (AvgIpc) is 1.96. The fourth-order valence-electron chi connectivity index (χ4n) is 0.883. The predicted octanol–water partition coefficient (Wildman–Crippen LogP) is 1.75. The summed E-state index contributed by atoms with van der Waals surface area (Å²) in [5.74, 6) is 0.326. The van der Waals surface area contributed by atoms with Gasteiger partial charge in [0, 0.05) is 11.9 Å². The molecule has 3 N–H and O–H groups in total. The highest BCUT2D eigenvalue weighted by molar-refractivity contribution is 7.71. The molecule has 0 radical (unpaired) electrons. The molecule has 0 unspecified atom stereocenters. The molecule has 0 amide bonds. The van der Waals surface area contributed by atoms with Crippen molar-refractivity contribution in [1.82, 2.24) is 9.97 Å². The fraction of sp³-hybridized carbons (Fsp3) is 0.286. The van der Waals surface area contributed by atoms with Crippen molar-refractivity contribution in [2.24, 2.45) is 4.99 Å². The van der Waals surface area contributed by atoms with Gasteiger partial charge in [-0.15, -0.1) is 0 Å². The van der Waals surface area contributed by atoms with Gasteiger partial charge >= 0.3 is 0 Å². The third-order valence-corrected chi connectivity index (χ3v) is 1.64. The van der Waals surface area contributed by atoms with Crippen LogP contribution in [-0.4, -0.2) is 16.2 Å². The highest BCUT2D eigenvalue weighted by Gasteiger charge is 1.99. The molecular weight excluding hydrogens is 172 g/mol. The Balaban J connectivity index is 3.38. The standard InChI is InChI=1S/C7H10N4S/c1-3-9-5-4(2)10-7(8)11-6(5)12/h3H,1-2H3,(H3,8,10,11,12). The van der Waals surface area contributed by atoms with Crippen molar-refractivity contribution in [2.45, 2.75) is 13.8 Å². The summed E-state index contributed by atoms with van der Waals surface area (Å²) in [6.07, 6.45) is 1.67. The number of rotatable bonds is 1. The number of nitrogen functional groups attached to an aromatic ring is 1. The molecule has 12 heavy (non-hydrogen) atoms. The number of aromatic nitrogens is 2. The van der Waals surface area contributed by atoms with E-state index in [4.69, 9.17) is 18.0 Å². The summed E-state index contributed by atoms with van der Waals surface area (Å²) in [6, 6.07) is 0. The number of hydrogen-bond acceptors (Lipinski definition) is 4. The number of H-pyrrole nitrogens is 1. The maximum atomic E-state index is 5.44. The molecular formula is C7H10N4S. The first-order valence-electron chi connectivity index (χ1n) is 3.50. The Labute approximate surface area is 75.6 Å². The van der Waals surface area contributed by atoms with E-state index < -0.39 is 0 Å². The monoisotopic (exact) mass is 182 g/mol. The first-order valence-corrected chi connectivity index (χ1v) is 3.91. The van der Waals surface area contributed by atoms with Crippen LogP contribution in [0.1, 0.15) is 12.6 Å². The van der Waals surface area contributed by atoms with Crippen LogP contribution in [0.3, 0.4) is 0 Å². The number of aryl methyl sites for hydroxylation is 1. The van der Waals surface area contributed by atoms with Crippen LogP contribution in [0.25, 0.3) is 0 Å². The van der Waals surface area contributed by atoms with E-state index >= 15 is 0 Å². The first kappa shape index (κ1) is 8.86. The van der Waals surface area contributed by atoms with E-state index in [0.717, 1.165) is 5.69 Å². The van der Waals surface area contributed by atoms with Crippen LogP contribution in [-0.2, 0) is 0 Å². The normalized spacial score (nSPS) is 10.8. The van der Waals surface area contributed by atoms with Crippen LogP contribution >= 0.6 is 12.2 Å². The number of aromatic amines is 1. The lowest BCUT2D eigenvalue weighted by Crippen LogP contribution is -1.96. The minimum Gasteiger partial charge on any atom is -0.369 e. The molecule has 0 saturated heterocycles. The van der Waals surface area contributed by atoms with Crippen molar-refractivity contribution in [3.8, 4) is 0 Å². The van der Waals surface area contributed by atoms with Gasteiger partial charge in [-0.3, -0.25) is 4.99 Å². The van der Waals surface area contributed by atoms with Crippen molar-refractivity contribution >= 4 is 30.1 Å². The number of hydrogen-bond donors (Lipinski definition) is 2. The Morgan fingerprint density at radius 2 is 2.33 bits per heavy atom. The number of aliphatic imine (C=N–C) groups is 1. The Morgan fingerprint density at radius 3 is 2.83 bits per heavy atom. The lowest BCUT2D eigenvalue weighted by molar-refractivity contribution is 1.10. The smallest absolute Gasteiger partial charge is 0.199 e. The van der Waals surface area contributed by atoms with E-state index in [0.29, 0.717) is 16.3 Å². The van der Waals surface area contributed by atoms with Gasteiger partial charge in [0.25, 0.3) is 0 Å². The third-order valence-electron chi connectivity index (χ3n) is 1.35. The SMILES string of the molecule is CC=Nc1c(C)[nH]c(N)nc1=S. The van der Waals surface area contributed by atoms with Gasteiger partial charge in [0.2, 0.25) is 0 Å². The Kier molecular flexibility index (Phi) is 2.54. The molecule has 0 fully saturated rings. The van der Waals surface area contributed by atoms with Crippen LogP contribution < -0.4 is 5.73 Å². The minimum atomic E-state index is 0.326. The van der Waals surface area contributed by atoms with Gasteiger partial charge in [0.05, 0.1) is 0 Å². The van der Waals surface area contributed by atoms with Crippen molar-refractivity contribution in [3.63, 3.8) is 0 Å². The quantitative estimate of drug-likeness (QED) is 0.513. The van der Waals surface area contributed by atoms with Crippen LogP contribution in [0.15, 0.2) is 4.99 Å². The topological polar surface area (TPSA) is 67.1 Å². The summed E-state index contributed by atoms with van der Waals surface area (Å²) in [4.78, 5) is 10.8. The average molecular weight is 182 g/mol. The van der Waals surface area contributed by atoms with Gasteiger partial charge in [-0.05, 0) is 13.8 Å². The van der Waals surface area contributed by atoms with E-state index in [1.54, 1.807) is 6.21 Å². The zero-order chi connectivity index (χ0) is 9.14. The maximum Gasteiger partial charge on any atom is 0.199 e. The summed E-state index contributed by atoms with van der Waals surface area (Å²) in [7, 11) is 0. The molecule has 64 valence electrons. The van der Waals surface area contributed by atoms with E-state index in [-0.39, 0.29) is 0 Å². The summed E-state index contributed by atoms with van der Waals surface area (Å²) >= 11 is 4.97. The van der Waals surface area contributed by atoms with Gasteiger partial charge in [0.15, 0.2) is 10.6 Å². The summed E-state index contributed by atoms with van der Waals surface area (Å²) < 4.78 is 0.432. The van der Waals surface area contributed by atoms with Crippen molar-refractivity contribution in [3.05, 3.63) is 10.3 Å². The van der Waals surface area contributed by atoms with E-state index in [2.05, 4.69) is 15.0 Å².